The van der Waals surface area contributed by atoms with Gasteiger partial charge in [0.2, 0.25) is 0 Å². The molecule has 0 unspecified atom stereocenters. The van der Waals surface area contributed by atoms with E-state index in [-0.39, 0.29) is 0 Å². The van der Waals surface area contributed by atoms with Gasteiger partial charge in [0.25, 0.3) is 0 Å². The summed E-state index contributed by atoms with van der Waals surface area (Å²) in [5, 5.41) is 0.911. The minimum absolute atomic E-state index is 0.320. The fourth-order valence-electron chi connectivity index (χ4n) is 2.22. The number of pyridine rings is 1. The van der Waals surface area contributed by atoms with Crippen molar-refractivity contribution in [2.75, 3.05) is 6.61 Å². The summed E-state index contributed by atoms with van der Waals surface area (Å²) in [5.74, 6) is 0.403. The van der Waals surface area contributed by atoms with Crippen LogP contribution >= 0.6 is 0 Å². The molecule has 0 N–H and O–H groups in total. The molecule has 114 valence electrons. The molecule has 3 rings (SSSR count). The normalized spacial score (nSPS) is 10.3. The first-order valence-electron chi connectivity index (χ1n) is 7.18. The van der Waals surface area contributed by atoms with E-state index in [1.807, 2.05) is 24.3 Å². The van der Waals surface area contributed by atoms with E-state index in [4.69, 9.17) is 9.47 Å². The van der Waals surface area contributed by atoms with Gasteiger partial charge in [-0.05, 0) is 24.3 Å². The zero-order valence-corrected chi connectivity index (χ0v) is 12.4. The van der Waals surface area contributed by atoms with Gasteiger partial charge in [-0.1, -0.05) is 43.0 Å². The fourth-order valence-corrected chi connectivity index (χ4v) is 2.22. The van der Waals surface area contributed by atoms with Crippen molar-refractivity contribution in [3.63, 3.8) is 0 Å². The minimum Gasteiger partial charge on any atom is -0.489 e. The largest absolute Gasteiger partial charge is 0.489 e. The quantitative estimate of drug-likeness (QED) is 0.406. The molecule has 0 atom stereocenters. The number of esters is 1. The van der Waals surface area contributed by atoms with Crippen molar-refractivity contribution in [3.05, 3.63) is 79.0 Å². The van der Waals surface area contributed by atoms with Gasteiger partial charge in [-0.3, -0.25) is 4.98 Å². The predicted octanol–water partition coefficient (Wildman–Crippen LogP) is 4.02. The molecular weight excluding hydrogens is 290 g/mol. The molecule has 1 aromatic heterocycles. The molecule has 0 saturated carbocycles. The molecule has 1 heterocycles. The second kappa shape index (κ2) is 6.75. The number of ether oxygens (including phenoxy) is 2. The molecule has 0 fully saturated rings. The maximum Gasteiger partial charge on any atom is 0.347 e. The molecular formula is C19H15NO3. The van der Waals surface area contributed by atoms with Crippen LogP contribution in [0.5, 0.6) is 11.5 Å². The Morgan fingerprint density at radius 3 is 2.70 bits per heavy atom. The SMILES string of the molecule is C=CCOc1ccccc1C(=O)Oc1cccc2cccnc12. The summed E-state index contributed by atoms with van der Waals surface area (Å²) >= 11 is 0. The molecule has 0 aliphatic heterocycles. The number of benzene rings is 2. The molecule has 0 saturated heterocycles. The third-order valence-corrected chi connectivity index (χ3v) is 3.26. The summed E-state index contributed by atoms with van der Waals surface area (Å²) < 4.78 is 11.0. The van der Waals surface area contributed by atoms with Gasteiger partial charge in [0.1, 0.15) is 23.4 Å². The molecule has 4 heteroatoms. The highest BCUT2D eigenvalue weighted by atomic mass is 16.5. The lowest BCUT2D eigenvalue weighted by molar-refractivity contribution is 0.0733. The van der Waals surface area contributed by atoms with E-state index < -0.39 is 5.97 Å². The smallest absolute Gasteiger partial charge is 0.347 e. The third kappa shape index (κ3) is 3.21. The molecule has 0 radical (unpaired) electrons. The Kier molecular flexibility index (Phi) is 4.34. The van der Waals surface area contributed by atoms with Crippen LogP contribution in [0.1, 0.15) is 10.4 Å². The lowest BCUT2D eigenvalue weighted by atomic mass is 10.2. The van der Waals surface area contributed by atoms with E-state index in [0.29, 0.717) is 29.2 Å². The number of carbonyl (C=O) groups excluding carboxylic acids is 1. The van der Waals surface area contributed by atoms with Gasteiger partial charge in [0.05, 0.1) is 0 Å². The highest BCUT2D eigenvalue weighted by Crippen LogP contribution is 2.26. The average molecular weight is 305 g/mol. The van der Waals surface area contributed by atoms with Crippen LogP contribution in [-0.4, -0.2) is 17.6 Å². The molecule has 0 aliphatic carbocycles. The maximum absolute atomic E-state index is 12.5. The monoisotopic (exact) mass is 305 g/mol. The van der Waals surface area contributed by atoms with E-state index in [9.17, 15) is 4.79 Å². The van der Waals surface area contributed by atoms with Crippen molar-refractivity contribution in [3.8, 4) is 11.5 Å². The summed E-state index contributed by atoms with van der Waals surface area (Å²) in [6, 6.07) is 16.2. The van der Waals surface area contributed by atoms with Crippen molar-refractivity contribution in [1.29, 1.82) is 0 Å². The van der Waals surface area contributed by atoms with Gasteiger partial charge in [0, 0.05) is 11.6 Å². The van der Waals surface area contributed by atoms with Gasteiger partial charge in [-0.25, -0.2) is 4.79 Å². The first-order chi connectivity index (χ1) is 11.3. The zero-order chi connectivity index (χ0) is 16.1. The van der Waals surface area contributed by atoms with Crippen LogP contribution in [-0.2, 0) is 0 Å². The summed E-state index contributed by atoms with van der Waals surface area (Å²) in [5.41, 5.74) is 1.01. The molecule has 2 aromatic carbocycles. The number of nitrogens with zero attached hydrogens (tertiary/aromatic N) is 1. The predicted molar refractivity (Wildman–Crippen MR) is 88.8 cm³/mol. The van der Waals surface area contributed by atoms with Gasteiger partial charge < -0.3 is 9.47 Å². The van der Waals surface area contributed by atoms with Crippen molar-refractivity contribution < 1.29 is 14.3 Å². The first kappa shape index (κ1) is 14.8. The van der Waals surface area contributed by atoms with Crippen LogP contribution in [0.15, 0.2) is 73.4 Å². The fraction of sp³-hybridized carbons (Fsp3) is 0.0526. The van der Waals surface area contributed by atoms with Crippen molar-refractivity contribution in [2.24, 2.45) is 0 Å². The summed E-state index contributed by atoms with van der Waals surface area (Å²) in [4.78, 5) is 16.8. The molecule has 0 spiro atoms. The number of hydrogen-bond acceptors (Lipinski definition) is 4. The number of fused-ring (bicyclic) bond motifs is 1. The Hall–Kier alpha value is -3.14. The third-order valence-electron chi connectivity index (χ3n) is 3.26. The van der Waals surface area contributed by atoms with E-state index in [1.165, 1.54) is 0 Å². The number of hydrogen-bond donors (Lipinski definition) is 0. The Labute approximate surface area is 134 Å². The zero-order valence-electron chi connectivity index (χ0n) is 12.4. The second-order valence-corrected chi connectivity index (χ2v) is 4.82. The number of aromatic nitrogens is 1. The lowest BCUT2D eigenvalue weighted by Gasteiger charge is -2.10. The summed E-state index contributed by atoms with van der Waals surface area (Å²) in [7, 11) is 0. The molecule has 23 heavy (non-hydrogen) atoms. The lowest BCUT2D eigenvalue weighted by Crippen LogP contribution is -2.11. The van der Waals surface area contributed by atoms with E-state index in [1.54, 1.807) is 42.6 Å². The molecule has 3 aromatic rings. The van der Waals surface area contributed by atoms with Crippen LogP contribution in [0.4, 0.5) is 0 Å². The minimum atomic E-state index is -0.484. The van der Waals surface area contributed by atoms with Crippen molar-refractivity contribution >= 4 is 16.9 Å². The van der Waals surface area contributed by atoms with Crippen molar-refractivity contribution in [2.45, 2.75) is 0 Å². The second-order valence-electron chi connectivity index (χ2n) is 4.82. The highest BCUT2D eigenvalue weighted by Gasteiger charge is 2.16. The molecule has 0 amide bonds. The Morgan fingerprint density at radius 1 is 1.04 bits per heavy atom. The summed E-state index contributed by atoms with van der Waals surface area (Å²) in [6.45, 7) is 3.92. The van der Waals surface area contributed by atoms with Gasteiger partial charge in [-0.2, -0.15) is 0 Å². The highest BCUT2D eigenvalue weighted by molar-refractivity contribution is 5.96. The number of para-hydroxylation sites is 2. The van der Waals surface area contributed by atoms with E-state index in [0.717, 1.165) is 5.39 Å². The standard InChI is InChI=1S/C19H15NO3/c1-2-13-22-16-10-4-3-9-15(16)19(21)23-17-11-5-7-14-8-6-12-20-18(14)17/h2-12H,1,13H2. The summed E-state index contributed by atoms with van der Waals surface area (Å²) in [6.07, 6.45) is 3.29. The van der Waals surface area contributed by atoms with Gasteiger partial charge in [0.15, 0.2) is 5.75 Å². The average Bonchev–Trinajstić information content (AvgIpc) is 2.60. The van der Waals surface area contributed by atoms with E-state index in [2.05, 4.69) is 11.6 Å². The maximum atomic E-state index is 12.5. The Morgan fingerprint density at radius 2 is 1.83 bits per heavy atom. The number of carbonyl (C=O) groups is 1. The van der Waals surface area contributed by atoms with Crippen LogP contribution in [0, 0.1) is 0 Å². The van der Waals surface area contributed by atoms with Gasteiger partial charge in [-0.15, -0.1) is 0 Å². The van der Waals surface area contributed by atoms with Crippen LogP contribution < -0.4 is 9.47 Å². The number of rotatable bonds is 5. The first-order valence-corrected chi connectivity index (χ1v) is 7.18. The topological polar surface area (TPSA) is 48.4 Å². The van der Waals surface area contributed by atoms with Crippen LogP contribution in [0.2, 0.25) is 0 Å². The van der Waals surface area contributed by atoms with Crippen molar-refractivity contribution in [1.82, 2.24) is 4.98 Å². The van der Waals surface area contributed by atoms with E-state index >= 15 is 0 Å². The Bertz CT molecular complexity index is 853. The van der Waals surface area contributed by atoms with Gasteiger partial charge >= 0.3 is 5.97 Å². The Balaban J connectivity index is 1.91. The van der Waals surface area contributed by atoms with Crippen LogP contribution in [0.25, 0.3) is 10.9 Å². The van der Waals surface area contributed by atoms with Crippen LogP contribution in [0.3, 0.4) is 0 Å². The molecule has 0 aliphatic rings. The molecule has 4 nitrogen and oxygen atoms in total. The molecule has 0 bridgehead atoms.